The Morgan fingerprint density at radius 1 is 1.00 bits per heavy atom. The number of hydrogen-bond donors (Lipinski definition) is 0. The Balaban J connectivity index is 2.45. The minimum atomic E-state index is 0.168. The van der Waals surface area contributed by atoms with E-state index in [1.54, 1.807) is 0 Å². The first-order chi connectivity index (χ1) is 7.27. The summed E-state index contributed by atoms with van der Waals surface area (Å²) in [6, 6.07) is 12.1. The van der Waals surface area contributed by atoms with Crippen LogP contribution in [0.15, 0.2) is 42.0 Å². The van der Waals surface area contributed by atoms with Crippen molar-refractivity contribution in [2.75, 3.05) is 0 Å². The number of ketones is 1. The number of benzene rings is 2. The SMILES string of the molecule is CC1=Cc2ccc3ccccc3c2C1=O. The molecule has 0 saturated heterocycles. The molecule has 1 aliphatic carbocycles. The van der Waals surface area contributed by atoms with E-state index in [9.17, 15) is 4.79 Å². The summed E-state index contributed by atoms with van der Waals surface area (Å²) in [5.74, 6) is 0.168. The molecular weight excluding hydrogens is 184 g/mol. The van der Waals surface area contributed by atoms with Crippen LogP contribution in [0.3, 0.4) is 0 Å². The monoisotopic (exact) mass is 194 g/mol. The van der Waals surface area contributed by atoms with Gasteiger partial charge in [0.2, 0.25) is 0 Å². The van der Waals surface area contributed by atoms with Gasteiger partial charge in [0.05, 0.1) is 0 Å². The van der Waals surface area contributed by atoms with E-state index >= 15 is 0 Å². The Morgan fingerprint density at radius 3 is 2.67 bits per heavy atom. The van der Waals surface area contributed by atoms with Gasteiger partial charge >= 0.3 is 0 Å². The summed E-state index contributed by atoms with van der Waals surface area (Å²) < 4.78 is 0. The van der Waals surface area contributed by atoms with Gasteiger partial charge in [-0.2, -0.15) is 0 Å². The zero-order chi connectivity index (χ0) is 10.4. The fourth-order valence-electron chi connectivity index (χ4n) is 2.16. The predicted octanol–water partition coefficient (Wildman–Crippen LogP) is 3.44. The summed E-state index contributed by atoms with van der Waals surface area (Å²) in [7, 11) is 0. The molecule has 1 heteroatoms. The van der Waals surface area contributed by atoms with E-state index in [1.807, 2.05) is 43.3 Å². The quantitative estimate of drug-likeness (QED) is 0.627. The largest absolute Gasteiger partial charge is 0.289 e. The molecule has 0 amide bonds. The van der Waals surface area contributed by atoms with Crippen molar-refractivity contribution in [1.82, 2.24) is 0 Å². The number of carbonyl (C=O) groups is 1. The van der Waals surface area contributed by atoms with E-state index in [-0.39, 0.29) is 5.78 Å². The van der Waals surface area contributed by atoms with Crippen molar-refractivity contribution in [2.24, 2.45) is 0 Å². The van der Waals surface area contributed by atoms with Gasteiger partial charge in [0, 0.05) is 5.56 Å². The van der Waals surface area contributed by atoms with Gasteiger partial charge in [0.1, 0.15) is 0 Å². The first-order valence-electron chi connectivity index (χ1n) is 5.02. The van der Waals surface area contributed by atoms with Crippen molar-refractivity contribution in [2.45, 2.75) is 6.92 Å². The summed E-state index contributed by atoms with van der Waals surface area (Å²) in [6.45, 7) is 1.87. The van der Waals surface area contributed by atoms with Gasteiger partial charge in [-0.05, 0) is 34.9 Å². The highest BCUT2D eigenvalue weighted by atomic mass is 16.1. The third-order valence-electron chi connectivity index (χ3n) is 2.92. The molecule has 0 fully saturated rings. The maximum absolute atomic E-state index is 11.9. The molecule has 0 aliphatic heterocycles. The molecule has 0 radical (unpaired) electrons. The van der Waals surface area contributed by atoms with Crippen LogP contribution < -0.4 is 0 Å². The molecule has 1 aliphatic rings. The topological polar surface area (TPSA) is 17.1 Å². The Morgan fingerprint density at radius 2 is 1.80 bits per heavy atom. The molecule has 0 N–H and O–H groups in total. The molecule has 0 unspecified atom stereocenters. The van der Waals surface area contributed by atoms with Gasteiger partial charge in [-0.1, -0.05) is 36.4 Å². The molecule has 72 valence electrons. The Kier molecular flexibility index (Phi) is 1.57. The second-order valence-corrected chi connectivity index (χ2v) is 3.91. The van der Waals surface area contributed by atoms with Crippen LogP contribution in [0.4, 0.5) is 0 Å². The lowest BCUT2D eigenvalue weighted by Crippen LogP contribution is -1.96. The molecule has 2 aromatic carbocycles. The van der Waals surface area contributed by atoms with Crippen LogP contribution in [0.2, 0.25) is 0 Å². The van der Waals surface area contributed by atoms with Gasteiger partial charge in [-0.3, -0.25) is 4.79 Å². The average Bonchev–Trinajstić information content (AvgIpc) is 2.55. The van der Waals surface area contributed by atoms with E-state index in [0.717, 1.165) is 27.5 Å². The first-order valence-corrected chi connectivity index (χ1v) is 5.02. The van der Waals surface area contributed by atoms with E-state index in [2.05, 4.69) is 6.07 Å². The van der Waals surface area contributed by atoms with Crippen molar-refractivity contribution in [3.63, 3.8) is 0 Å². The van der Waals surface area contributed by atoms with Crippen molar-refractivity contribution in [3.8, 4) is 0 Å². The van der Waals surface area contributed by atoms with E-state index in [1.165, 1.54) is 0 Å². The van der Waals surface area contributed by atoms with E-state index in [0.29, 0.717) is 0 Å². The lowest BCUT2D eigenvalue weighted by atomic mass is 9.99. The molecule has 0 heterocycles. The van der Waals surface area contributed by atoms with E-state index < -0.39 is 0 Å². The Bertz CT molecular complexity index is 606. The minimum Gasteiger partial charge on any atom is -0.289 e. The highest BCUT2D eigenvalue weighted by molar-refractivity contribution is 6.23. The maximum Gasteiger partial charge on any atom is 0.189 e. The number of hydrogen-bond acceptors (Lipinski definition) is 1. The van der Waals surface area contributed by atoms with Crippen molar-refractivity contribution >= 4 is 22.6 Å². The second-order valence-electron chi connectivity index (χ2n) is 3.91. The van der Waals surface area contributed by atoms with Crippen LogP contribution in [-0.2, 0) is 0 Å². The van der Waals surface area contributed by atoms with Crippen LogP contribution >= 0.6 is 0 Å². The molecule has 2 aromatic rings. The van der Waals surface area contributed by atoms with Crippen LogP contribution in [0.5, 0.6) is 0 Å². The third kappa shape index (κ3) is 1.06. The molecule has 0 bridgehead atoms. The lowest BCUT2D eigenvalue weighted by Gasteiger charge is -2.03. The van der Waals surface area contributed by atoms with Crippen LogP contribution in [-0.4, -0.2) is 5.78 Å². The zero-order valence-corrected chi connectivity index (χ0v) is 8.45. The predicted molar refractivity (Wildman–Crippen MR) is 61.9 cm³/mol. The minimum absolute atomic E-state index is 0.168. The molecule has 3 rings (SSSR count). The summed E-state index contributed by atoms with van der Waals surface area (Å²) in [5.41, 5.74) is 2.75. The molecule has 0 saturated carbocycles. The number of carbonyl (C=O) groups excluding carboxylic acids is 1. The highest BCUT2D eigenvalue weighted by Gasteiger charge is 2.21. The summed E-state index contributed by atoms with van der Waals surface area (Å²) >= 11 is 0. The van der Waals surface area contributed by atoms with E-state index in [4.69, 9.17) is 0 Å². The van der Waals surface area contributed by atoms with Crippen molar-refractivity contribution in [1.29, 1.82) is 0 Å². The standard InChI is InChI=1S/C14H10O/c1-9-8-11-7-6-10-4-2-3-5-12(10)13(11)14(9)15/h2-8H,1H3. The molecule has 15 heavy (non-hydrogen) atoms. The van der Waals surface area contributed by atoms with Crippen molar-refractivity contribution in [3.05, 3.63) is 53.1 Å². The molecule has 0 aromatic heterocycles. The van der Waals surface area contributed by atoms with Gasteiger partial charge in [-0.25, -0.2) is 0 Å². The molecular formula is C14H10O. The number of fused-ring (bicyclic) bond motifs is 3. The Hall–Kier alpha value is -1.89. The zero-order valence-electron chi connectivity index (χ0n) is 8.45. The van der Waals surface area contributed by atoms with Gasteiger partial charge in [0.25, 0.3) is 0 Å². The van der Waals surface area contributed by atoms with Crippen LogP contribution in [0.1, 0.15) is 22.8 Å². The molecule has 1 nitrogen and oxygen atoms in total. The number of Topliss-reactive ketones (excluding diaryl/α,β-unsaturated/α-hetero) is 1. The van der Waals surface area contributed by atoms with Crippen molar-refractivity contribution < 1.29 is 4.79 Å². The summed E-state index contributed by atoms with van der Waals surface area (Å²) in [5, 5.41) is 2.20. The van der Waals surface area contributed by atoms with Gasteiger partial charge < -0.3 is 0 Å². The summed E-state index contributed by atoms with van der Waals surface area (Å²) in [4.78, 5) is 11.9. The summed E-state index contributed by atoms with van der Waals surface area (Å²) in [6.07, 6.45) is 1.96. The smallest absolute Gasteiger partial charge is 0.189 e. The highest BCUT2D eigenvalue weighted by Crippen LogP contribution is 2.31. The van der Waals surface area contributed by atoms with Gasteiger partial charge in [-0.15, -0.1) is 0 Å². The third-order valence-corrected chi connectivity index (χ3v) is 2.92. The van der Waals surface area contributed by atoms with Crippen LogP contribution in [0.25, 0.3) is 16.8 Å². The Labute approximate surface area is 88.0 Å². The molecule has 0 atom stereocenters. The number of rotatable bonds is 0. The number of allylic oxidation sites excluding steroid dienone is 1. The first kappa shape index (κ1) is 8.42. The molecule has 0 spiro atoms. The fourth-order valence-corrected chi connectivity index (χ4v) is 2.16. The van der Waals surface area contributed by atoms with Crippen LogP contribution in [0, 0.1) is 0 Å². The second kappa shape index (κ2) is 2.80. The fraction of sp³-hybridized carbons (Fsp3) is 0.0714. The maximum atomic E-state index is 11.9. The lowest BCUT2D eigenvalue weighted by molar-refractivity contribution is 0.104. The van der Waals surface area contributed by atoms with Gasteiger partial charge in [0.15, 0.2) is 5.78 Å². The normalized spacial score (nSPS) is 14.2. The average molecular weight is 194 g/mol.